The van der Waals surface area contributed by atoms with Gasteiger partial charge in [-0.3, -0.25) is 4.84 Å². The predicted molar refractivity (Wildman–Crippen MR) is 69.0 cm³/mol. The van der Waals surface area contributed by atoms with Gasteiger partial charge < -0.3 is 10.3 Å². The van der Waals surface area contributed by atoms with E-state index in [-0.39, 0.29) is 0 Å². The van der Waals surface area contributed by atoms with Crippen molar-refractivity contribution in [1.29, 1.82) is 0 Å². The first kappa shape index (κ1) is 12.7. The number of H-pyrrole nitrogens is 1. The number of anilines is 1. The summed E-state index contributed by atoms with van der Waals surface area (Å²) in [7, 11) is 0. The molecule has 0 fully saturated rings. The summed E-state index contributed by atoms with van der Waals surface area (Å²) in [6, 6.07) is 0. The predicted octanol–water partition coefficient (Wildman–Crippen LogP) is 1.04. The molecular weight excluding hydrogens is 232 g/mol. The minimum absolute atomic E-state index is 0.671. The lowest BCUT2D eigenvalue weighted by atomic mass is 10.4. The molecule has 18 heavy (non-hydrogen) atoms. The number of imidazole rings is 1. The van der Waals surface area contributed by atoms with Crippen LogP contribution in [-0.4, -0.2) is 51.2 Å². The second kappa shape index (κ2) is 6.27. The quantitative estimate of drug-likeness (QED) is 0.715. The standard InChI is InChI=1S/C11H18N6O/c1-3-17(18-4-2)6-5-12-10-9-11(14-7-13-9)16-8-15-10/h7-8H,3-6H2,1-2H3,(H2,12,13,14,15,16). The maximum Gasteiger partial charge on any atom is 0.182 e. The highest BCUT2D eigenvalue weighted by Crippen LogP contribution is 2.13. The minimum atomic E-state index is 0.671. The van der Waals surface area contributed by atoms with Gasteiger partial charge in [0.25, 0.3) is 0 Å². The largest absolute Gasteiger partial charge is 0.367 e. The third-order valence-electron chi connectivity index (χ3n) is 2.54. The van der Waals surface area contributed by atoms with Gasteiger partial charge in [-0.1, -0.05) is 6.92 Å². The van der Waals surface area contributed by atoms with Crippen molar-refractivity contribution in [2.24, 2.45) is 0 Å². The Morgan fingerprint density at radius 1 is 1.33 bits per heavy atom. The molecule has 0 unspecified atom stereocenters. The molecule has 2 aromatic rings. The maximum atomic E-state index is 5.44. The fourth-order valence-corrected chi connectivity index (χ4v) is 1.69. The molecule has 0 aliphatic rings. The second-order valence-corrected chi connectivity index (χ2v) is 3.69. The summed E-state index contributed by atoms with van der Waals surface area (Å²) in [5, 5.41) is 5.17. The van der Waals surface area contributed by atoms with E-state index in [9.17, 15) is 0 Å². The Hall–Kier alpha value is -1.73. The van der Waals surface area contributed by atoms with Gasteiger partial charge in [0.05, 0.1) is 12.9 Å². The number of hydrogen-bond donors (Lipinski definition) is 2. The van der Waals surface area contributed by atoms with Gasteiger partial charge in [0.1, 0.15) is 11.8 Å². The van der Waals surface area contributed by atoms with Crippen molar-refractivity contribution in [3.05, 3.63) is 12.7 Å². The molecule has 0 amide bonds. The van der Waals surface area contributed by atoms with Crippen LogP contribution in [0.25, 0.3) is 11.2 Å². The topological polar surface area (TPSA) is 79.0 Å². The highest BCUT2D eigenvalue weighted by Gasteiger charge is 2.06. The average Bonchev–Trinajstić information content (AvgIpc) is 2.86. The van der Waals surface area contributed by atoms with Crippen LogP contribution in [0, 0.1) is 0 Å². The Kier molecular flexibility index (Phi) is 4.43. The number of nitrogens with zero attached hydrogens (tertiary/aromatic N) is 4. The monoisotopic (exact) mass is 250 g/mol. The van der Waals surface area contributed by atoms with Crippen molar-refractivity contribution in [3.8, 4) is 0 Å². The minimum Gasteiger partial charge on any atom is -0.367 e. The zero-order valence-electron chi connectivity index (χ0n) is 10.7. The zero-order valence-corrected chi connectivity index (χ0v) is 10.7. The van der Waals surface area contributed by atoms with Crippen LogP contribution in [0.1, 0.15) is 13.8 Å². The number of nitrogens with one attached hydrogen (secondary N) is 2. The molecule has 0 bridgehead atoms. The summed E-state index contributed by atoms with van der Waals surface area (Å²) in [6.07, 6.45) is 3.12. The molecule has 0 saturated carbocycles. The van der Waals surface area contributed by atoms with Crippen LogP contribution in [-0.2, 0) is 4.84 Å². The normalized spacial score (nSPS) is 11.3. The van der Waals surface area contributed by atoms with Gasteiger partial charge in [0.15, 0.2) is 11.5 Å². The number of hydrogen-bond acceptors (Lipinski definition) is 6. The highest BCUT2D eigenvalue weighted by atomic mass is 16.7. The number of likely N-dealkylation sites (N-methyl/N-ethyl adjacent to an activating group) is 1. The lowest BCUT2D eigenvalue weighted by Gasteiger charge is -2.19. The lowest BCUT2D eigenvalue weighted by molar-refractivity contribution is -0.148. The first-order valence-electron chi connectivity index (χ1n) is 6.11. The van der Waals surface area contributed by atoms with Crippen molar-refractivity contribution in [2.45, 2.75) is 13.8 Å². The first-order chi connectivity index (χ1) is 8.85. The van der Waals surface area contributed by atoms with E-state index in [0.29, 0.717) is 12.3 Å². The smallest absolute Gasteiger partial charge is 0.182 e. The number of hydroxylamine groups is 2. The Balaban J connectivity index is 1.92. The first-order valence-corrected chi connectivity index (χ1v) is 6.11. The van der Waals surface area contributed by atoms with Gasteiger partial charge in [0, 0.05) is 19.6 Å². The maximum absolute atomic E-state index is 5.44. The molecular formula is C11H18N6O. The van der Waals surface area contributed by atoms with Crippen LogP contribution in [0.15, 0.2) is 12.7 Å². The molecule has 7 nitrogen and oxygen atoms in total. The van der Waals surface area contributed by atoms with Crippen LogP contribution in [0.2, 0.25) is 0 Å². The Bertz CT molecular complexity index is 485. The van der Waals surface area contributed by atoms with E-state index in [1.165, 1.54) is 6.33 Å². The summed E-state index contributed by atoms with van der Waals surface area (Å²) in [6.45, 7) is 7.13. The van der Waals surface area contributed by atoms with E-state index in [4.69, 9.17) is 4.84 Å². The molecule has 0 atom stereocenters. The van der Waals surface area contributed by atoms with E-state index in [0.717, 1.165) is 31.0 Å². The molecule has 0 aromatic carbocycles. The molecule has 98 valence electrons. The van der Waals surface area contributed by atoms with Gasteiger partial charge in [-0.25, -0.2) is 15.0 Å². The van der Waals surface area contributed by atoms with Crippen LogP contribution in [0.5, 0.6) is 0 Å². The number of rotatable bonds is 7. The molecule has 0 saturated heterocycles. The van der Waals surface area contributed by atoms with Gasteiger partial charge in [-0.2, -0.15) is 5.06 Å². The summed E-state index contributed by atoms with van der Waals surface area (Å²) in [4.78, 5) is 20.8. The van der Waals surface area contributed by atoms with Crippen molar-refractivity contribution in [2.75, 3.05) is 31.6 Å². The average molecular weight is 250 g/mol. The van der Waals surface area contributed by atoms with Gasteiger partial charge in [-0.05, 0) is 6.92 Å². The molecule has 2 heterocycles. The van der Waals surface area contributed by atoms with Crippen LogP contribution in [0.3, 0.4) is 0 Å². The Morgan fingerprint density at radius 2 is 2.22 bits per heavy atom. The number of aromatic amines is 1. The molecule has 2 aromatic heterocycles. The summed E-state index contributed by atoms with van der Waals surface area (Å²) in [5.41, 5.74) is 1.50. The van der Waals surface area contributed by atoms with Gasteiger partial charge in [0.2, 0.25) is 0 Å². The van der Waals surface area contributed by atoms with E-state index in [1.807, 2.05) is 12.0 Å². The van der Waals surface area contributed by atoms with Gasteiger partial charge >= 0.3 is 0 Å². The Labute approximate surface area is 106 Å². The molecule has 0 aliphatic heterocycles. The molecule has 2 rings (SSSR count). The highest BCUT2D eigenvalue weighted by molar-refractivity contribution is 5.81. The third-order valence-corrected chi connectivity index (χ3v) is 2.54. The fraction of sp³-hybridized carbons (Fsp3) is 0.545. The fourth-order valence-electron chi connectivity index (χ4n) is 1.69. The molecule has 2 N–H and O–H groups in total. The summed E-state index contributed by atoms with van der Waals surface area (Å²) in [5.74, 6) is 0.769. The summed E-state index contributed by atoms with van der Waals surface area (Å²) < 4.78 is 0. The summed E-state index contributed by atoms with van der Waals surface area (Å²) >= 11 is 0. The van der Waals surface area contributed by atoms with Crippen LogP contribution in [0.4, 0.5) is 5.82 Å². The van der Waals surface area contributed by atoms with E-state index >= 15 is 0 Å². The van der Waals surface area contributed by atoms with Crippen molar-refractivity contribution >= 4 is 17.0 Å². The van der Waals surface area contributed by atoms with Crippen molar-refractivity contribution < 1.29 is 4.84 Å². The third kappa shape index (κ3) is 2.93. The van der Waals surface area contributed by atoms with Gasteiger partial charge in [-0.15, -0.1) is 0 Å². The van der Waals surface area contributed by atoms with E-state index in [2.05, 4.69) is 32.2 Å². The number of aromatic nitrogens is 4. The number of fused-ring (bicyclic) bond motifs is 1. The van der Waals surface area contributed by atoms with Crippen LogP contribution < -0.4 is 5.32 Å². The molecule has 0 spiro atoms. The second-order valence-electron chi connectivity index (χ2n) is 3.69. The Morgan fingerprint density at radius 3 is 3.00 bits per heavy atom. The van der Waals surface area contributed by atoms with Crippen LogP contribution >= 0.6 is 0 Å². The lowest BCUT2D eigenvalue weighted by Crippen LogP contribution is -2.29. The molecule has 7 heteroatoms. The van der Waals surface area contributed by atoms with Crippen molar-refractivity contribution in [3.63, 3.8) is 0 Å². The van der Waals surface area contributed by atoms with E-state index in [1.54, 1.807) is 6.33 Å². The van der Waals surface area contributed by atoms with E-state index < -0.39 is 0 Å². The SMILES string of the molecule is CCON(CC)CCNc1ncnc2nc[nH]c12. The van der Waals surface area contributed by atoms with Crippen molar-refractivity contribution in [1.82, 2.24) is 25.0 Å². The zero-order chi connectivity index (χ0) is 12.8. The molecule has 0 aliphatic carbocycles. The molecule has 0 radical (unpaired) electrons.